The van der Waals surface area contributed by atoms with Crippen LogP contribution < -0.4 is 16.0 Å². The number of carboxylic acids is 1. The molecule has 9 heteroatoms. The molecule has 0 spiro atoms. The zero-order valence-electron chi connectivity index (χ0n) is 20.3. The first-order valence-corrected chi connectivity index (χ1v) is 12.7. The normalized spacial score (nSPS) is 11.3. The van der Waals surface area contributed by atoms with Crippen LogP contribution in [0, 0.1) is 0 Å². The van der Waals surface area contributed by atoms with Crippen molar-refractivity contribution in [3.05, 3.63) is 120 Å². The van der Waals surface area contributed by atoms with Gasteiger partial charge in [-0.05, 0) is 47.5 Å². The summed E-state index contributed by atoms with van der Waals surface area (Å²) in [6, 6.07) is 26.6. The van der Waals surface area contributed by atoms with Gasteiger partial charge in [0.15, 0.2) is 0 Å². The fourth-order valence-corrected chi connectivity index (χ4v) is 4.88. The number of para-hydroxylation sites is 1. The number of nitrogens with zero attached hydrogens (tertiary/aromatic N) is 1. The van der Waals surface area contributed by atoms with E-state index in [0.29, 0.717) is 23.5 Å². The van der Waals surface area contributed by atoms with E-state index in [-0.39, 0.29) is 23.6 Å². The number of urea groups is 1. The highest BCUT2D eigenvalue weighted by Gasteiger charge is 2.20. The number of nitrogens with one attached hydrogen (secondary N) is 3. The van der Waals surface area contributed by atoms with Gasteiger partial charge in [-0.1, -0.05) is 54.6 Å². The SMILES string of the molecule is O=C(O)CC(Sc1ccccc1NC(=O)c1cccc(NC(=O)NCc2ccccc2)c1)c1cccnc1. The van der Waals surface area contributed by atoms with Crippen LogP contribution in [0.3, 0.4) is 0 Å². The lowest BCUT2D eigenvalue weighted by molar-refractivity contribution is -0.137. The van der Waals surface area contributed by atoms with Crippen LogP contribution in [0.15, 0.2) is 108 Å². The first-order chi connectivity index (χ1) is 18.5. The Labute approximate surface area is 224 Å². The molecule has 0 aliphatic rings. The van der Waals surface area contributed by atoms with Crippen molar-refractivity contribution in [2.75, 3.05) is 10.6 Å². The van der Waals surface area contributed by atoms with E-state index in [1.54, 1.807) is 54.9 Å². The van der Waals surface area contributed by atoms with Gasteiger partial charge in [-0.3, -0.25) is 14.6 Å². The molecule has 0 saturated heterocycles. The summed E-state index contributed by atoms with van der Waals surface area (Å²) < 4.78 is 0. The number of carbonyl (C=O) groups excluding carboxylic acids is 2. The van der Waals surface area contributed by atoms with Crippen molar-refractivity contribution in [3.63, 3.8) is 0 Å². The third-order valence-corrected chi connectivity index (χ3v) is 6.83. The zero-order chi connectivity index (χ0) is 26.7. The Morgan fingerprint density at radius 2 is 1.66 bits per heavy atom. The van der Waals surface area contributed by atoms with E-state index >= 15 is 0 Å². The minimum absolute atomic E-state index is 0.0985. The van der Waals surface area contributed by atoms with Crippen LogP contribution in [0.2, 0.25) is 0 Å². The fourth-order valence-electron chi connectivity index (χ4n) is 3.66. The van der Waals surface area contributed by atoms with Gasteiger partial charge in [0.25, 0.3) is 5.91 Å². The molecule has 4 rings (SSSR count). The minimum Gasteiger partial charge on any atom is -0.481 e. The maximum absolute atomic E-state index is 13.1. The molecule has 1 heterocycles. The van der Waals surface area contributed by atoms with Gasteiger partial charge in [0.05, 0.1) is 12.1 Å². The van der Waals surface area contributed by atoms with E-state index in [0.717, 1.165) is 16.0 Å². The molecule has 0 aliphatic carbocycles. The van der Waals surface area contributed by atoms with E-state index in [4.69, 9.17) is 0 Å². The first kappa shape index (κ1) is 26.4. The lowest BCUT2D eigenvalue weighted by Crippen LogP contribution is -2.28. The van der Waals surface area contributed by atoms with Crippen LogP contribution in [0.5, 0.6) is 0 Å². The van der Waals surface area contributed by atoms with E-state index in [1.165, 1.54) is 11.8 Å². The Morgan fingerprint density at radius 1 is 0.868 bits per heavy atom. The number of hydrogen-bond donors (Lipinski definition) is 4. The predicted octanol–water partition coefficient (Wildman–Crippen LogP) is 5.96. The van der Waals surface area contributed by atoms with Crippen molar-refractivity contribution < 1.29 is 19.5 Å². The Balaban J connectivity index is 1.43. The van der Waals surface area contributed by atoms with Crippen molar-refractivity contribution in [3.8, 4) is 0 Å². The van der Waals surface area contributed by atoms with Crippen LogP contribution in [-0.4, -0.2) is 28.0 Å². The predicted molar refractivity (Wildman–Crippen MR) is 148 cm³/mol. The van der Waals surface area contributed by atoms with Gasteiger partial charge in [0, 0.05) is 40.3 Å². The lowest BCUT2D eigenvalue weighted by Gasteiger charge is -2.17. The summed E-state index contributed by atoms with van der Waals surface area (Å²) in [5.41, 5.74) is 3.15. The van der Waals surface area contributed by atoms with Gasteiger partial charge in [-0.2, -0.15) is 0 Å². The van der Waals surface area contributed by atoms with Crippen molar-refractivity contribution in [1.29, 1.82) is 0 Å². The summed E-state index contributed by atoms with van der Waals surface area (Å²) in [7, 11) is 0. The second-order valence-electron chi connectivity index (χ2n) is 8.32. The number of carboxylic acid groups (broad SMARTS) is 1. The van der Waals surface area contributed by atoms with Gasteiger partial charge in [-0.25, -0.2) is 4.79 Å². The third kappa shape index (κ3) is 7.68. The molecular formula is C29H26N4O4S. The van der Waals surface area contributed by atoms with Crippen molar-refractivity contribution in [1.82, 2.24) is 10.3 Å². The molecule has 1 aromatic heterocycles. The number of anilines is 2. The largest absolute Gasteiger partial charge is 0.481 e. The van der Waals surface area contributed by atoms with Crippen LogP contribution in [0.1, 0.15) is 33.2 Å². The van der Waals surface area contributed by atoms with Crippen LogP contribution >= 0.6 is 11.8 Å². The molecule has 8 nitrogen and oxygen atoms in total. The molecule has 3 aromatic carbocycles. The molecule has 0 bridgehead atoms. The van der Waals surface area contributed by atoms with Gasteiger partial charge in [0.1, 0.15) is 0 Å². The summed E-state index contributed by atoms with van der Waals surface area (Å²) >= 11 is 1.35. The summed E-state index contributed by atoms with van der Waals surface area (Å²) in [4.78, 5) is 41.8. The molecule has 4 N–H and O–H groups in total. The minimum atomic E-state index is -0.926. The van der Waals surface area contributed by atoms with E-state index in [9.17, 15) is 19.5 Å². The number of hydrogen-bond acceptors (Lipinski definition) is 5. The summed E-state index contributed by atoms with van der Waals surface area (Å²) in [5, 5.41) is 17.5. The monoisotopic (exact) mass is 526 g/mol. The maximum Gasteiger partial charge on any atom is 0.319 e. The highest BCUT2D eigenvalue weighted by molar-refractivity contribution is 7.99. The highest BCUT2D eigenvalue weighted by Crippen LogP contribution is 2.41. The van der Waals surface area contributed by atoms with Gasteiger partial charge < -0.3 is 21.1 Å². The van der Waals surface area contributed by atoms with E-state index in [1.807, 2.05) is 48.5 Å². The quantitative estimate of drug-likeness (QED) is 0.189. The van der Waals surface area contributed by atoms with Crippen molar-refractivity contribution in [2.24, 2.45) is 0 Å². The molecule has 38 heavy (non-hydrogen) atoms. The number of benzene rings is 3. The third-order valence-electron chi connectivity index (χ3n) is 5.50. The second-order valence-corrected chi connectivity index (χ2v) is 9.56. The molecular weight excluding hydrogens is 500 g/mol. The highest BCUT2D eigenvalue weighted by atomic mass is 32.2. The van der Waals surface area contributed by atoms with Gasteiger partial charge in [0.2, 0.25) is 0 Å². The number of thioether (sulfide) groups is 1. The molecule has 1 atom stereocenters. The number of aliphatic carboxylic acids is 1. The molecule has 1 unspecified atom stereocenters. The fraction of sp³-hybridized carbons (Fsp3) is 0.103. The Morgan fingerprint density at radius 3 is 2.42 bits per heavy atom. The van der Waals surface area contributed by atoms with E-state index < -0.39 is 5.97 Å². The zero-order valence-corrected chi connectivity index (χ0v) is 21.2. The topological polar surface area (TPSA) is 120 Å². The van der Waals surface area contributed by atoms with Crippen molar-refractivity contribution in [2.45, 2.75) is 23.1 Å². The average Bonchev–Trinajstić information content (AvgIpc) is 2.93. The average molecular weight is 527 g/mol. The smallest absolute Gasteiger partial charge is 0.319 e. The molecule has 3 amide bonds. The summed E-state index contributed by atoms with van der Waals surface area (Å²) in [5.74, 6) is -1.28. The maximum atomic E-state index is 13.1. The number of pyridine rings is 1. The second kappa shape index (κ2) is 13.1. The first-order valence-electron chi connectivity index (χ1n) is 11.9. The van der Waals surface area contributed by atoms with Crippen LogP contribution in [-0.2, 0) is 11.3 Å². The standard InChI is InChI=1S/C29H26N4O4S/c34-27(35)17-26(22-11-7-15-30-19-22)38-25-14-5-4-13-24(25)33-28(36)21-10-6-12-23(16-21)32-29(37)31-18-20-8-2-1-3-9-20/h1-16,19,26H,17-18H2,(H,33,36)(H,34,35)(H2,31,32,37). The molecule has 0 fully saturated rings. The Kier molecular flexibility index (Phi) is 9.09. The molecule has 0 saturated carbocycles. The van der Waals surface area contributed by atoms with Crippen LogP contribution in [0.4, 0.5) is 16.2 Å². The molecule has 0 aliphatic heterocycles. The Bertz CT molecular complexity index is 1400. The van der Waals surface area contributed by atoms with E-state index in [2.05, 4.69) is 20.9 Å². The van der Waals surface area contributed by atoms with Gasteiger partial charge in [-0.15, -0.1) is 11.8 Å². The van der Waals surface area contributed by atoms with Crippen LogP contribution in [0.25, 0.3) is 0 Å². The molecule has 4 aromatic rings. The number of carbonyl (C=O) groups is 3. The van der Waals surface area contributed by atoms with Crippen molar-refractivity contribution >= 4 is 41.0 Å². The Hall–Kier alpha value is -4.63. The lowest BCUT2D eigenvalue weighted by atomic mass is 10.1. The number of aromatic nitrogens is 1. The number of rotatable bonds is 10. The van der Waals surface area contributed by atoms with Gasteiger partial charge >= 0.3 is 12.0 Å². The summed E-state index contributed by atoms with van der Waals surface area (Å²) in [6.45, 7) is 0.378. The number of amides is 3. The molecule has 192 valence electrons. The molecule has 0 radical (unpaired) electrons. The summed E-state index contributed by atoms with van der Waals surface area (Å²) in [6.07, 6.45) is 3.19.